The summed E-state index contributed by atoms with van der Waals surface area (Å²) in [6.45, 7) is 0. The molecule has 5 nitrogen and oxygen atoms in total. The van der Waals surface area contributed by atoms with Crippen LogP contribution in [0.25, 0.3) is 0 Å². The number of ether oxygens (including phenoxy) is 1. The quantitative estimate of drug-likeness (QED) is 0.472. The van der Waals surface area contributed by atoms with Crippen LogP contribution in [-0.2, 0) is 9.53 Å². The molecule has 1 fully saturated rings. The van der Waals surface area contributed by atoms with E-state index in [4.69, 9.17) is 26.7 Å². The van der Waals surface area contributed by atoms with Gasteiger partial charge in [0.2, 0.25) is 12.5 Å². The van der Waals surface area contributed by atoms with E-state index >= 15 is 0 Å². The standard InChI is InChI=1S/C8H8ClNO4/c9-10-5-2-1-4(11)3-6(5)14-7(10)8(12)13/h2-3,7-8,12-13H,1H2. The van der Waals surface area contributed by atoms with Crippen LogP contribution < -0.4 is 0 Å². The first-order valence-electron chi connectivity index (χ1n) is 4.02. The molecule has 0 aromatic carbocycles. The molecule has 2 aliphatic rings. The normalized spacial score (nSPS) is 25.9. The molecule has 2 rings (SSSR count). The highest BCUT2D eigenvalue weighted by atomic mass is 35.5. The van der Waals surface area contributed by atoms with Gasteiger partial charge in [0.1, 0.15) is 0 Å². The minimum atomic E-state index is -1.71. The number of hydrogen-bond acceptors (Lipinski definition) is 5. The molecule has 0 bridgehead atoms. The van der Waals surface area contributed by atoms with E-state index in [0.717, 1.165) is 4.42 Å². The van der Waals surface area contributed by atoms with Gasteiger partial charge in [0.25, 0.3) is 0 Å². The van der Waals surface area contributed by atoms with Gasteiger partial charge in [-0.2, -0.15) is 0 Å². The molecule has 0 radical (unpaired) electrons. The Labute approximate surface area is 84.9 Å². The second-order valence-corrected chi connectivity index (χ2v) is 3.37. The number of halogens is 1. The Balaban J connectivity index is 2.29. The Kier molecular flexibility index (Phi) is 2.22. The van der Waals surface area contributed by atoms with Gasteiger partial charge in [0.15, 0.2) is 11.5 Å². The number of allylic oxidation sites excluding steroid dienone is 2. The van der Waals surface area contributed by atoms with Gasteiger partial charge in [-0.05, 0) is 6.08 Å². The van der Waals surface area contributed by atoms with Gasteiger partial charge in [-0.3, -0.25) is 4.79 Å². The fourth-order valence-electron chi connectivity index (χ4n) is 1.36. The number of hydrogen-bond donors (Lipinski definition) is 2. The Bertz CT molecular complexity index is 336. The van der Waals surface area contributed by atoms with E-state index in [-0.39, 0.29) is 18.0 Å². The number of aliphatic hydroxyl groups is 2. The third kappa shape index (κ3) is 1.39. The molecule has 1 aliphatic carbocycles. The molecular formula is C8H8ClNO4. The maximum atomic E-state index is 11.0. The predicted molar refractivity (Wildman–Crippen MR) is 46.6 cm³/mol. The number of ketones is 1. The summed E-state index contributed by atoms with van der Waals surface area (Å²) in [5.41, 5.74) is 0.504. The first-order chi connectivity index (χ1) is 6.59. The monoisotopic (exact) mass is 217 g/mol. The smallest absolute Gasteiger partial charge is 0.236 e. The first-order valence-corrected chi connectivity index (χ1v) is 4.36. The van der Waals surface area contributed by atoms with Crippen molar-refractivity contribution in [2.75, 3.05) is 0 Å². The molecule has 0 aromatic heterocycles. The number of carbonyl (C=O) groups is 1. The van der Waals surface area contributed by atoms with E-state index in [2.05, 4.69) is 0 Å². The van der Waals surface area contributed by atoms with Gasteiger partial charge in [0, 0.05) is 24.3 Å². The fraction of sp³-hybridized carbons (Fsp3) is 0.375. The zero-order valence-electron chi connectivity index (χ0n) is 7.05. The van der Waals surface area contributed by atoms with Gasteiger partial charge in [-0.1, -0.05) is 0 Å². The van der Waals surface area contributed by atoms with Crippen molar-refractivity contribution in [3.8, 4) is 0 Å². The number of carbonyl (C=O) groups excluding carboxylic acids is 1. The van der Waals surface area contributed by atoms with Crippen LogP contribution in [0.3, 0.4) is 0 Å². The van der Waals surface area contributed by atoms with Crippen molar-refractivity contribution >= 4 is 17.6 Å². The third-order valence-electron chi connectivity index (χ3n) is 2.00. The van der Waals surface area contributed by atoms with Crippen LogP contribution in [0.4, 0.5) is 0 Å². The lowest BCUT2D eigenvalue weighted by Gasteiger charge is -2.17. The van der Waals surface area contributed by atoms with Crippen LogP contribution in [0.1, 0.15) is 6.42 Å². The van der Waals surface area contributed by atoms with Crippen molar-refractivity contribution in [3.05, 3.63) is 23.6 Å². The molecule has 0 spiro atoms. The second kappa shape index (κ2) is 3.27. The number of aliphatic hydroxyl groups excluding tert-OH is 1. The molecule has 1 heterocycles. The molecule has 0 aromatic rings. The summed E-state index contributed by atoms with van der Waals surface area (Å²) in [6, 6.07) is 0. The van der Waals surface area contributed by atoms with Crippen LogP contribution in [0.2, 0.25) is 0 Å². The summed E-state index contributed by atoms with van der Waals surface area (Å²) in [7, 11) is 0. The third-order valence-corrected chi connectivity index (χ3v) is 2.37. The lowest BCUT2D eigenvalue weighted by atomic mass is 10.1. The lowest BCUT2D eigenvalue weighted by Crippen LogP contribution is -2.33. The van der Waals surface area contributed by atoms with Crippen LogP contribution in [0, 0.1) is 0 Å². The van der Waals surface area contributed by atoms with Crippen molar-refractivity contribution in [2.24, 2.45) is 0 Å². The van der Waals surface area contributed by atoms with Crippen molar-refractivity contribution in [1.29, 1.82) is 0 Å². The second-order valence-electron chi connectivity index (χ2n) is 3.00. The topological polar surface area (TPSA) is 70.0 Å². The predicted octanol–water partition coefficient (Wildman–Crippen LogP) is -0.150. The molecule has 0 amide bonds. The summed E-state index contributed by atoms with van der Waals surface area (Å²) in [4.78, 5) is 11.0. The van der Waals surface area contributed by atoms with Gasteiger partial charge in [-0.25, -0.2) is 4.42 Å². The first kappa shape index (κ1) is 9.51. The molecule has 6 heteroatoms. The largest absolute Gasteiger partial charge is 0.461 e. The molecule has 14 heavy (non-hydrogen) atoms. The van der Waals surface area contributed by atoms with Crippen molar-refractivity contribution in [3.63, 3.8) is 0 Å². The molecular weight excluding hydrogens is 210 g/mol. The van der Waals surface area contributed by atoms with Crippen LogP contribution in [-0.4, -0.2) is 32.9 Å². The average molecular weight is 218 g/mol. The average Bonchev–Trinajstić information content (AvgIpc) is 2.43. The van der Waals surface area contributed by atoms with Gasteiger partial charge in [0.05, 0.1) is 5.70 Å². The fourth-order valence-corrected chi connectivity index (χ4v) is 1.65. The van der Waals surface area contributed by atoms with E-state index in [1.807, 2.05) is 0 Å². The molecule has 2 N–H and O–H groups in total. The molecule has 76 valence electrons. The van der Waals surface area contributed by atoms with Crippen LogP contribution >= 0.6 is 11.8 Å². The van der Waals surface area contributed by atoms with E-state index in [0.29, 0.717) is 5.70 Å². The Hall–Kier alpha value is -1.04. The SMILES string of the molecule is O=C1C=C2OC(C(O)O)N(Cl)C2=CC1. The molecule has 1 atom stereocenters. The zero-order chi connectivity index (χ0) is 10.3. The molecule has 0 saturated carbocycles. The summed E-state index contributed by atoms with van der Waals surface area (Å²) in [6.07, 6.45) is 0.370. The summed E-state index contributed by atoms with van der Waals surface area (Å²) in [5, 5.41) is 17.8. The summed E-state index contributed by atoms with van der Waals surface area (Å²) in [5.74, 6) is 0.191. The van der Waals surface area contributed by atoms with Crippen molar-refractivity contribution in [1.82, 2.24) is 4.42 Å². The Morgan fingerprint density at radius 2 is 2.36 bits per heavy atom. The van der Waals surface area contributed by atoms with Crippen molar-refractivity contribution < 1.29 is 19.7 Å². The highest BCUT2D eigenvalue weighted by molar-refractivity contribution is 6.15. The summed E-state index contributed by atoms with van der Waals surface area (Å²) >= 11 is 5.76. The molecule has 1 aliphatic heterocycles. The van der Waals surface area contributed by atoms with Crippen LogP contribution in [0.15, 0.2) is 23.6 Å². The van der Waals surface area contributed by atoms with Gasteiger partial charge < -0.3 is 14.9 Å². The number of fused-ring (bicyclic) bond motifs is 1. The molecule has 1 saturated heterocycles. The van der Waals surface area contributed by atoms with Gasteiger partial charge >= 0.3 is 0 Å². The molecule has 1 unspecified atom stereocenters. The van der Waals surface area contributed by atoms with E-state index in [1.165, 1.54) is 6.08 Å². The van der Waals surface area contributed by atoms with E-state index < -0.39 is 12.5 Å². The minimum absolute atomic E-state index is 0.0955. The van der Waals surface area contributed by atoms with Crippen LogP contribution in [0.5, 0.6) is 0 Å². The Morgan fingerprint density at radius 3 is 3.00 bits per heavy atom. The van der Waals surface area contributed by atoms with E-state index in [9.17, 15) is 4.79 Å². The highest BCUT2D eigenvalue weighted by Gasteiger charge is 2.38. The Morgan fingerprint density at radius 1 is 1.64 bits per heavy atom. The minimum Gasteiger partial charge on any atom is -0.461 e. The maximum Gasteiger partial charge on any atom is 0.236 e. The maximum absolute atomic E-state index is 11.0. The highest BCUT2D eigenvalue weighted by Crippen LogP contribution is 2.35. The van der Waals surface area contributed by atoms with Gasteiger partial charge in [-0.15, -0.1) is 0 Å². The zero-order valence-corrected chi connectivity index (χ0v) is 7.81. The number of nitrogens with zero attached hydrogens (tertiary/aromatic N) is 1. The van der Waals surface area contributed by atoms with Crippen molar-refractivity contribution in [2.45, 2.75) is 18.9 Å². The lowest BCUT2D eigenvalue weighted by molar-refractivity contribution is -0.143. The summed E-state index contributed by atoms with van der Waals surface area (Å²) < 4.78 is 6.15. The number of rotatable bonds is 1. The van der Waals surface area contributed by atoms with E-state index in [1.54, 1.807) is 6.08 Å².